The zero-order valence-corrected chi connectivity index (χ0v) is 17.2. The van der Waals surface area contributed by atoms with Crippen LogP contribution in [-0.2, 0) is 0 Å². The van der Waals surface area contributed by atoms with Crippen molar-refractivity contribution in [2.24, 2.45) is 0 Å². The Morgan fingerprint density at radius 1 is 0.545 bits per heavy atom. The number of rotatable bonds is 9. The van der Waals surface area contributed by atoms with E-state index in [0.29, 0.717) is 0 Å². The first-order valence-corrected chi connectivity index (χ1v) is 11.1. The zero-order valence-electron chi connectivity index (χ0n) is 12.4. The van der Waals surface area contributed by atoms with E-state index in [9.17, 15) is 0 Å². The second kappa shape index (κ2) is 10.8. The molecule has 0 saturated heterocycles. The summed E-state index contributed by atoms with van der Waals surface area (Å²) < 4.78 is 2.31. The summed E-state index contributed by atoms with van der Waals surface area (Å²) in [4.78, 5) is 2.74. The molecule has 0 aromatic heterocycles. The fourth-order valence-corrected chi connectivity index (χ4v) is 4.35. The van der Waals surface area contributed by atoms with E-state index in [2.05, 4.69) is 80.4 Å². The molecule has 0 amide bonds. The van der Waals surface area contributed by atoms with Crippen LogP contribution in [0.15, 0.2) is 67.3 Å². The van der Waals surface area contributed by atoms with Crippen molar-refractivity contribution in [2.45, 2.75) is 35.5 Å². The molecule has 22 heavy (non-hydrogen) atoms. The molecule has 0 aliphatic heterocycles. The van der Waals surface area contributed by atoms with Gasteiger partial charge in [-0.3, -0.25) is 0 Å². The van der Waals surface area contributed by atoms with Crippen LogP contribution in [0.4, 0.5) is 0 Å². The van der Waals surface area contributed by atoms with Gasteiger partial charge in [-0.15, -0.1) is 23.5 Å². The molecule has 0 aliphatic carbocycles. The van der Waals surface area contributed by atoms with Crippen molar-refractivity contribution in [1.82, 2.24) is 0 Å². The van der Waals surface area contributed by atoms with Gasteiger partial charge in [-0.2, -0.15) is 0 Å². The van der Waals surface area contributed by atoms with Crippen molar-refractivity contribution in [2.75, 3.05) is 11.5 Å². The number of halogens is 2. The summed E-state index contributed by atoms with van der Waals surface area (Å²) in [6.45, 7) is 0. The lowest BCUT2D eigenvalue weighted by Gasteiger charge is -2.03. The topological polar surface area (TPSA) is 0 Å². The fourth-order valence-electron chi connectivity index (χ4n) is 2.00. The maximum atomic E-state index is 3.47. The Morgan fingerprint density at radius 3 is 1.27 bits per heavy atom. The quantitative estimate of drug-likeness (QED) is 0.278. The molecule has 0 saturated carbocycles. The van der Waals surface area contributed by atoms with Gasteiger partial charge in [-0.1, -0.05) is 44.7 Å². The molecule has 0 spiro atoms. The molecule has 0 radical (unpaired) electrons. The molecule has 0 N–H and O–H groups in total. The van der Waals surface area contributed by atoms with Crippen molar-refractivity contribution in [3.63, 3.8) is 0 Å². The average molecular weight is 460 g/mol. The summed E-state index contributed by atoms with van der Waals surface area (Å²) in [5, 5.41) is 0. The summed E-state index contributed by atoms with van der Waals surface area (Å²) in [7, 11) is 0. The van der Waals surface area contributed by atoms with Crippen LogP contribution >= 0.6 is 55.4 Å². The Kier molecular flexibility index (Phi) is 9.05. The van der Waals surface area contributed by atoms with Crippen LogP contribution in [0.3, 0.4) is 0 Å². The molecule has 0 nitrogen and oxygen atoms in total. The van der Waals surface area contributed by atoms with Crippen molar-refractivity contribution in [1.29, 1.82) is 0 Å². The Hall–Kier alpha value is 0.1000. The van der Waals surface area contributed by atoms with Crippen molar-refractivity contribution in [3.05, 3.63) is 57.5 Å². The van der Waals surface area contributed by atoms with Crippen LogP contribution < -0.4 is 0 Å². The van der Waals surface area contributed by atoms with Gasteiger partial charge in [0.25, 0.3) is 0 Å². The third-order valence-corrected chi connectivity index (χ3v) is 6.46. The van der Waals surface area contributed by atoms with Crippen LogP contribution in [0.5, 0.6) is 0 Å². The molecular weight excluding hydrogens is 440 g/mol. The maximum Gasteiger partial charge on any atom is 0.0176 e. The van der Waals surface area contributed by atoms with Crippen LogP contribution in [0, 0.1) is 0 Å². The number of unbranched alkanes of at least 4 members (excludes halogenated alkanes) is 3. The van der Waals surface area contributed by atoms with Gasteiger partial charge in [0.15, 0.2) is 0 Å². The first kappa shape index (κ1) is 18.4. The maximum absolute atomic E-state index is 3.47. The predicted molar refractivity (Wildman–Crippen MR) is 108 cm³/mol. The average Bonchev–Trinajstić information content (AvgIpc) is 2.53. The smallest absolute Gasteiger partial charge is 0.0176 e. The standard InChI is InChI=1S/C18H20Br2S2/c19-15-5-9-17(10-6-15)21-13-3-1-2-4-14-22-18-11-7-16(20)8-12-18/h5-12H,1-4,13-14H2. The lowest BCUT2D eigenvalue weighted by Crippen LogP contribution is -1.85. The SMILES string of the molecule is Brc1ccc(SCCCCCCSc2ccc(Br)cc2)cc1. The van der Waals surface area contributed by atoms with Gasteiger partial charge in [-0.05, 0) is 72.9 Å². The minimum Gasteiger partial charge on any atom is -0.126 e. The van der Waals surface area contributed by atoms with Gasteiger partial charge in [0.2, 0.25) is 0 Å². The number of thioether (sulfide) groups is 2. The highest BCUT2D eigenvalue weighted by molar-refractivity contribution is 9.10. The lowest BCUT2D eigenvalue weighted by molar-refractivity contribution is 0.711. The molecule has 0 atom stereocenters. The normalized spacial score (nSPS) is 10.8. The Balaban J connectivity index is 1.47. The molecule has 4 heteroatoms. The monoisotopic (exact) mass is 458 g/mol. The first-order valence-electron chi connectivity index (χ1n) is 7.51. The highest BCUT2D eigenvalue weighted by Gasteiger charge is 1.97. The van der Waals surface area contributed by atoms with E-state index in [4.69, 9.17) is 0 Å². The minimum absolute atomic E-state index is 1.15. The molecule has 2 aromatic carbocycles. The van der Waals surface area contributed by atoms with Crippen LogP contribution in [0.1, 0.15) is 25.7 Å². The molecule has 0 aliphatic rings. The molecule has 0 bridgehead atoms. The predicted octanol–water partition coefficient (Wildman–Crippen LogP) is 7.66. The van der Waals surface area contributed by atoms with Crippen molar-refractivity contribution < 1.29 is 0 Å². The van der Waals surface area contributed by atoms with Crippen molar-refractivity contribution >= 4 is 55.4 Å². The van der Waals surface area contributed by atoms with Gasteiger partial charge in [-0.25, -0.2) is 0 Å². The van der Waals surface area contributed by atoms with Crippen molar-refractivity contribution in [3.8, 4) is 0 Å². The van der Waals surface area contributed by atoms with Crippen LogP contribution in [-0.4, -0.2) is 11.5 Å². The Labute approximate surface area is 159 Å². The number of hydrogen-bond acceptors (Lipinski definition) is 2. The summed E-state index contributed by atoms with van der Waals surface area (Å²) in [5.74, 6) is 2.45. The van der Waals surface area contributed by atoms with E-state index in [-0.39, 0.29) is 0 Å². The molecule has 0 unspecified atom stereocenters. The molecule has 2 rings (SSSR count). The first-order chi connectivity index (χ1) is 10.7. The molecular formula is C18H20Br2S2. The van der Waals surface area contributed by atoms with Crippen LogP contribution in [0.25, 0.3) is 0 Å². The molecule has 0 fully saturated rings. The van der Waals surface area contributed by atoms with E-state index in [1.807, 2.05) is 23.5 Å². The molecule has 118 valence electrons. The molecule has 2 aromatic rings. The van der Waals surface area contributed by atoms with E-state index >= 15 is 0 Å². The van der Waals surface area contributed by atoms with E-state index in [0.717, 1.165) is 8.95 Å². The third-order valence-electron chi connectivity index (χ3n) is 3.20. The second-order valence-electron chi connectivity index (χ2n) is 5.02. The van der Waals surface area contributed by atoms with Gasteiger partial charge in [0.1, 0.15) is 0 Å². The Bertz CT molecular complexity index is 487. The largest absolute Gasteiger partial charge is 0.126 e. The Morgan fingerprint density at radius 2 is 0.909 bits per heavy atom. The fraction of sp³-hybridized carbons (Fsp3) is 0.333. The van der Waals surface area contributed by atoms with Gasteiger partial charge < -0.3 is 0 Å². The summed E-state index contributed by atoms with van der Waals surface area (Å²) in [6, 6.07) is 17.2. The highest BCUT2D eigenvalue weighted by Crippen LogP contribution is 2.23. The summed E-state index contributed by atoms with van der Waals surface area (Å²) in [5.41, 5.74) is 0. The summed E-state index contributed by atoms with van der Waals surface area (Å²) >= 11 is 10.9. The summed E-state index contributed by atoms with van der Waals surface area (Å²) in [6.07, 6.45) is 5.29. The zero-order chi connectivity index (χ0) is 15.6. The lowest BCUT2D eigenvalue weighted by atomic mass is 10.2. The number of hydrogen-bond donors (Lipinski definition) is 0. The minimum atomic E-state index is 1.15. The number of benzene rings is 2. The van der Waals surface area contributed by atoms with Gasteiger partial charge in [0, 0.05) is 18.7 Å². The van der Waals surface area contributed by atoms with E-state index < -0.39 is 0 Å². The van der Waals surface area contributed by atoms with Gasteiger partial charge in [0.05, 0.1) is 0 Å². The second-order valence-corrected chi connectivity index (χ2v) is 9.19. The van der Waals surface area contributed by atoms with Gasteiger partial charge >= 0.3 is 0 Å². The van der Waals surface area contributed by atoms with E-state index in [1.165, 1.54) is 47.0 Å². The molecule has 0 heterocycles. The van der Waals surface area contributed by atoms with Crippen LogP contribution in [0.2, 0.25) is 0 Å². The third kappa shape index (κ3) is 7.58. The highest BCUT2D eigenvalue weighted by atomic mass is 79.9. The van der Waals surface area contributed by atoms with E-state index in [1.54, 1.807) is 0 Å².